The number of thiophene rings is 1. The molecule has 2 N–H and O–H groups in total. The van der Waals surface area contributed by atoms with Gasteiger partial charge in [0.2, 0.25) is 0 Å². The normalized spacial score (nSPS) is 11.5. The highest BCUT2D eigenvalue weighted by molar-refractivity contribution is 7.12. The largest absolute Gasteiger partial charge is 0.481 e. The van der Waals surface area contributed by atoms with Gasteiger partial charge in [-0.1, -0.05) is 24.3 Å². The van der Waals surface area contributed by atoms with Gasteiger partial charge in [0.25, 0.3) is 5.91 Å². The van der Waals surface area contributed by atoms with Gasteiger partial charge < -0.3 is 5.11 Å². The molecule has 26 heavy (non-hydrogen) atoms. The summed E-state index contributed by atoms with van der Waals surface area (Å²) in [6.45, 7) is 1.83. The Labute approximate surface area is 154 Å². The maximum atomic E-state index is 12.7. The number of benzene rings is 1. The van der Waals surface area contributed by atoms with E-state index in [1.807, 2.05) is 48.7 Å². The summed E-state index contributed by atoms with van der Waals surface area (Å²) in [5.74, 6) is -1.26. The fourth-order valence-corrected chi connectivity index (χ4v) is 3.32. The zero-order chi connectivity index (χ0) is 18.5. The van der Waals surface area contributed by atoms with Gasteiger partial charge in [-0.15, -0.1) is 11.3 Å². The summed E-state index contributed by atoms with van der Waals surface area (Å²) in [7, 11) is 0. The molecule has 132 valence electrons. The lowest BCUT2D eigenvalue weighted by Gasteiger charge is -2.08. The van der Waals surface area contributed by atoms with Crippen molar-refractivity contribution in [3.05, 3.63) is 64.0 Å². The number of carbonyl (C=O) groups excluding carboxylic acids is 1. The van der Waals surface area contributed by atoms with Crippen molar-refractivity contribution in [3.8, 4) is 0 Å². The number of carbonyl (C=O) groups is 2. The molecule has 2 heterocycles. The molecule has 0 aliphatic carbocycles. The van der Waals surface area contributed by atoms with Crippen molar-refractivity contribution >= 4 is 39.8 Å². The fraction of sp³-hybridized carbons (Fsp3) is 0.158. The molecule has 3 aromatic rings. The number of carboxylic acid groups (broad SMARTS) is 1. The first-order valence-corrected chi connectivity index (χ1v) is 8.91. The average molecular weight is 367 g/mol. The van der Waals surface area contributed by atoms with Crippen LogP contribution in [0.1, 0.15) is 33.8 Å². The van der Waals surface area contributed by atoms with Crippen molar-refractivity contribution in [1.29, 1.82) is 0 Å². The minimum atomic E-state index is -0.906. The van der Waals surface area contributed by atoms with E-state index in [4.69, 9.17) is 5.11 Å². The zero-order valence-electron chi connectivity index (χ0n) is 14.1. The van der Waals surface area contributed by atoms with E-state index in [-0.39, 0.29) is 18.7 Å². The molecule has 1 aromatic carbocycles. The number of rotatable bonds is 6. The number of aryl methyl sites for hydroxylation is 1. The van der Waals surface area contributed by atoms with E-state index < -0.39 is 5.97 Å². The number of aliphatic carboxylic acids is 1. The van der Waals surface area contributed by atoms with Crippen molar-refractivity contribution in [1.82, 2.24) is 10.4 Å². The molecule has 2 aromatic heterocycles. The van der Waals surface area contributed by atoms with Crippen molar-refractivity contribution in [2.24, 2.45) is 5.10 Å². The third-order valence-electron chi connectivity index (χ3n) is 3.76. The molecule has 0 saturated heterocycles. The lowest BCUT2D eigenvalue weighted by atomic mass is 10.1. The van der Waals surface area contributed by atoms with Crippen molar-refractivity contribution in [2.75, 3.05) is 0 Å². The Morgan fingerprint density at radius 3 is 2.73 bits per heavy atom. The second kappa shape index (κ2) is 7.88. The van der Waals surface area contributed by atoms with E-state index in [0.29, 0.717) is 11.3 Å². The van der Waals surface area contributed by atoms with E-state index in [2.05, 4.69) is 15.5 Å². The third kappa shape index (κ3) is 4.12. The smallest absolute Gasteiger partial charge is 0.303 e. The van der Waals surface area contributed by atoms with Crippen molar-refractivity contribution < 1.29 is 14.7 Å². The first-order chi connectivity index (χ1) is 12.5. The Balaban J connectivity index is 1.88. The molecule has 0 saturated carbocycles. The number of hydrogen-bond acceptors (Lipinski definition) is 5. The lowest BCUT2D eigenvalue weighted by Crippen LogP contribution is -2.21. The van der Waals surface area contributed by atoms with Crippen LogP contribution in [0.4, 0.5) is 0 Å². The van der Waals surface area contributed by atoms with Gasteiger partial charge in [0.1, 0.15) is 0 Å². The SMILES string of the molecule is Cc1cc(C(=O)N/N=C(\CCC(=O)O)c2cccs2)c2ccccc2n1. The highest BCUT2D eigenvalue weighted by Gasteiger charge is 2.13. The molecule has 6 nitrogen and oxygen atoms in total. The second-order valence-corrected chi connectivity index (χ2v) is 6.65. The number of amides is 1. The van der Waals surface area contributed by atoms with E-state index in [9.17, 15) is 9.59 Å². The van der Waals surface area contributed by atoms with Gasteiger partial charge in [-0.25, -0.2) is 5.43 Å². The van der Waals surface area contributed by atoms with Gasteiger partial charge in [-0.05, 0) is 30.5 Å². The van der Waals surface area contributed by atoms with E-state index in [1.54, 1.807) is 6.07 Å². The molecule has 0 aliphatic heterocycles. The number of nitrogens with one attached hydrogen (secondary N) is 1. The monoisotopic (exact) mass is 367 g/mol. The summed E-state index contributed by atoms with van der Waals surface area (Å²) in [5, 5.41) is 15.7. The molecule has 0 unspecified atom stereocenters. The molecular formula is C19H17N3O3S. The summed E-state index contributed by atoms with van der Waals surface area (Å²) in [6.07, 6.45) is 0.191. The molecule has 0 fully saturated rings. The summed E-state index contributed by atoms with van der Waals surface area (Å²) >= 11 is 1.45. The average Bonchev–Trinajstić information content (AvgIpc) is 3.15. The molecule has 3 rings (SSSR count). The molecule has 0 radical (unpaired) electrons. The Bertz CT molecular complexity index is 981. The maximum Gasteiger partial charge on any atom is 0.303 e. The summed E-state index contributed by atoms with van der Waals surface area (Å²) in [5.41, 5.74) is 5.08. The topological polar surface area (TPSA) is 91.7 Å². The van der Waals surface area contributed by atoms with Crippen LogP contribution in [0.2, 0.25) is 0 Å². The summed E-state index contributed by atoms with van der Waals surface area (Å²) in [6, 6.07) is 12.8. The number of fused-ring (bicyclic) bond motifs is 1. The van der Waals surface area contributed by atoms with Crippen LogP contribution in [0.3, 0.4) is 0 Å². The van der Waals surface area contributed by atoms with Crippen LogP contribution in [0.25, 0.3) is 10.9 Å². The quantitative estimate of drug-likeness (QED) is 0.514. The van der Waals surface area contributed by atoms with Gasteiger partial charge >= 0.3 is 5.97 Å². The minimum absolute atomic E-state index is 0.0517. The van der Waals surface area contributed by atoms with Crippen LogP contribution in [-0.2, 0) is 4.79 Å². The van der Waals surface area contributed by atoms with Crippen LogP contribution in [0, 0.1) is 6.92 Å². The molecule has 0 atom stereocenters. The van der Waals surface area contributed by atoms with E-state index >= 15 is 0 Å². The maximum absolute atomic E-state index is 12.7. The van der Waals surface area contributed by atoms with Crippen LogP contribution >= 0.6 is 11.3 Å². The predicted molar refractivity (Wildman–Crippen MR) is 102 cm³/mol. The molecule has 0 aliphatic rings. The number of carboxylic acids is 1. The van der Waals surface area contributed by atoms with Gasteiger partial charge in [0.05, 0.1) is 28.1 Å². The third-order valence-corrected chi connectivity index (χ3v) is 4.68. The predicted octanol–water partition coefficient (Wildman–Crippen LogP) is 3.60. The van der Waals surface area contributed by atoms with Crippen LogP contribution in [0.15, 0.2) is 52.9 Å². The Morgan fingerprint density at radius 1 is 1.19 bits per heavy atom. The zero-order valence-corrected chi connectivity index (χ0v) is 14.9. The number of para-hydroxylation sites is 1. The minimum Gasteiger partial charge on any atom is -0.481 e. The molecule has 0 bridgehead atoms. The van der Waals surface area contributed by atoms with Crippen LogP contribution in [-0.4, -0.2) is 27.7 Å². The summed E-state index contributed by atoms with van der Waals surface area (Å²) < 4.78 is 0. The van der Waals surface area contributed by atoms with Gasteiger partial charge in [-0.3, -0.25) is 14.6 Å². The summed E-state index contributed by atoms with van der Waals surface area (Å²) in [4.78, 5) is 28.8. The van der Waals surface area contributed by atoms with E-state index in [0.717, 1.165) is 21.5 Å². The molecule has 1 amide bonds. The van der Waals surface area contributed by atoms with Gasteiger partial charge in [-0.2, -0.15) is 5.10 Å². The van der Waals surface area contributed by atoms with Crippen molar-refractivity contribution in [3.63, 3.8) is 0 Å². The number of pyridine rings is 1. The molecular weight excluding hydrogens is 350 g/mol. The highest BCUT2D eigenvalue weighted by Crippen LogP contribution is 2.18. The Morgan fingerprint density at radius 2 is 2.00 bits per heavy atom. The van der Waals surface area contributed by atoms with Crippen molar-refractivity contribution in [2.45, 2.75) is 19.8 Å². The first-order valence-electron chi connectivity index (χ1n) is 8.03. The van der Waals surface area contributed by atoms with E-state index in [1.165, 1.54) is 11.3 Å². The lowest BCUT2D eigenvalue weighted by molar-refractivity contribution is -0.136. The number of nitrogens with zero attached hydrogens (tertiary/aromatic N) is 2. The van der Waals surface area contributed by atoms with Crippen LogP contribution in [0.5, 0.6) is 0 Å². The van der Waals surface area contributed by atoms with Crippen LogP contribution < -0.4 is 5.43 Å². The standard InChI is InChI=1S/C19H17N3O3S/c1-12-11-14(13-5-2-3-6-15(13)20-12)19(25)22-21-16(8-9-18(23)24)17-7-4-10-26-17/h2-7,10-11H,8-9H2,1H3,(H,22,25)(H,23,24)/b21-16+. The second-order valence-electron chi connectivity index (χ2n) is 5.70. The Kier molecular flexibility index (Phi) is 5.38. The molecule has 7 heteroatoms. The number of hydrazone groups is 1. The number of hydrogen-bond donors (Lipinski definition) is 2. The first kappa shape index (κ1) is 17.8. The van der Waals surface area contributed by atoms with Gasteiger partial charge in [0.15, 0.2) is 0 Å². The highest BCUT2D eigenvalue weighted by atomic mass is 32.1. The molecule has 0 spiro atoms. The number of aromatic nitrogens is 1. The Hall–Kier alpha value is -3.06. The van der Waals surface area contributed by atoms with Gasteiger partial charge in [0, 0.05) is 17.5 Å². The fourth-order valence-electron chi connectivity index (χ4n) is 2.58.